The largest absolute Gasteiger partial charge is 0.497 e. The van der Waals surface area contributed by atoms with Crippen LogP contribution in [-0.4, -0.2) is 40.4 Å². The Morgan fingerprint density at radius 3 is 2.10 bits per heavy atom. The minimum absolute atomic E-state index is 0.419. The van der Waals surface area contributed by atoms with Crippen molar-refractivity contribution in [2.24, 2.45) is 0 Å². The molecule has 4 aromatic rings. The third-order valence-electron chi connectivity index (χ3n) is 8.03. The van der Waals surface area contributed by atoms with Crippen LogP contribution in [0, 0.1) is 0 Å². The number of nitrogens with zero attached hydrogens (tertiary/aromatic N) is 1. The third-order valence-corrected chi connectivity index (χ3v) is 8.03. The van der Waals surface area contributed by atoms with Crippen molar-refractivity contribution in [1.82, 2.24) is 0 Å². The van der Waals surface area contributed by atoms with Gasteiger partial charge in [0.05, 0.1) is 26.9 Å². The van der Waals surface area contributed by atoms with E-state index in [-0.39, 0.29) is 0 Å². The summed E-state index contributed by atoms with van der Waals surface area (Å²) in [5, 5.41) is 1.72. The molecule has 1 saturated heterocycles. The lowest BCUT2D eigenvalue weighted by atomic mass is 9.82. The average Bonchev–Trinajstić information content (AvgIpc) is 3.04. The summed E-state index contributed by atoms with van der Waals surface area (Å²) in [6.07, 6.45) is 7.76. The van der Waals surface area contributed by atoms with E-state index in [1.165, 1.54) is 32.1 Å². The van der Waals surface area contributed by atoms with Crippen molar-refractivity contribution in [3.63, 3.8) is 0 Å². The first-order valence-corrected chi connectivity index (χ1v) is 13.7. The predicted octanol–water partition coefficient (Wildman–Crippen LogP) is 6.98. The van der Waals surface area contributed by atoms with E-state index in [4.69, 9.17) is 18.9 Å². The van der Waals surface area contributed by atoms with Crippen molar-refractivity contribution in [1.29, 1.82) is 0 Å². The van der Waals surface area contributed by atoms with Gasteiger partial charge < -0.3 is 23.8 Å². The number of hydrogen-bond donors (Lipinski definition) is 0. The van der Waals surface area contributed by atoms with E-state index in [1.807, 2.05) is 60.7 Å². The van der Waals surface area contributed by atoms with Crippen LogP contribution >= 0.6 is 0 Å². The molecule has 0 N–H and O–H groups in total. The highest BCUT2D eigenvalue weighted by Gasteiger charge is 2.39. The summed E-state index contributed by atoms with van der Waals surface area (Å²) in [7, 11) is 4.68. The fourth-order valence-electron chi connectivity index (χ4n) is 5.83. The van der Waals surface area contributed by atoms with Crippen LogP contribution in [-0.2, 0) is 10.3 Å². The molecule has 2 aliphatic rings. The number of carbonyl (C=O) groups excluding carboxylic acids is 1. The van der Waals surface area contributed by atoms with Gasteiger partial charge in [0.15, 0.2) is 5.60 Å². The van der Waals surface area contributed by atoms with Crippen LogP contribution in [0.1, 0.15) is 46.3 Å². The Kier molecular flexibility index (Phi) is 6.84. The topological polar surface area (TPSA) is 57.2 Å². The van der Waals surface area contributed by atoms with Gasteiger partial charge >= 0.3 is 5.97 Å². The first-order chi connectivity index (χ1) is 19.6. The minimum atomic E-state index is -0.929. The SMILES string of the molecule is COC(=O)c1cc2cc(OC)ccc2c2c1C=CC(c1ccc(OC)cc1)(c1ccc(N3CCCCC3)cc1)O2. The molecule has 0 radical (unpaired) electrons. The molecule has 0 aliphatic carbocycles. The van der Waals surface area contributed by atoms with Gasteiger partial charge in [-0.05, 0) is 85.3 Å². The zero-order valence-corrected chi connectivity index (χ0v) is 23.1. The molecule has 1 unspecified atom stereocenters. The summed E-state index contributed by atoms with van der Waals surface area (Å²) in [4.78, 5) is 15.3. The molecule has 6 rings (SSSR count). The Morgan fingerprint density at radius 2 is 1.45 bits per heavy atom. The monoisotopic (exact) mass is 535 g/mol. The molecule has 1 atom stereocenters. The molecule has 2 heterocycles. The Bertz CT molecular complexity index is 1570. The van der Waals surface area contributed by atoms with Gasteiger partial charge in [-0.25, -0.2) is 4.79 Å². The minimum Gasteiger partial charge on any atom is -0.497 e. The predicted molar refractivity (Wildman–Crippen MR) is 158 cm³/mol. The highest BCUT2D eigenvalue weighted by Crippen LogP contribution is 2.47. The Labute approximate surface area is 234 Å². The number of rotatable bonds is 6. The molecule has 2 aliphatic heterocycles. The standard InChI is InChI=1S/C34H33NO5/c1-37-27-13-9-25(10-14-27)34(24-7-11-26(12-8-24)35-19-5-4-6-20-35)18-17-30-31(33(36)39-3)22-23-21-28(38-2)15-16-29(23)32(30)40-34/h7-18,21-22H,4-6,19-20H2,1-3H3. The highest BCUT2D eigenvalue weighted by molar-refractivity contribution is 6.04. The number of carbonyl (C=O) groups is 1. The zero-order valence-electron chi connectivity index (χ0n) is 23.1. The Morgan fingerprint density at radius 1 is 0.800 bits per heavy atom. The van der Waals surface area contributed by atoms with Gasteiger partial charge in [-0.1, -0.05) is 24.3 Å². The molecule has 0 spiro atoms. The molecule has 1 fully saturated rings. The van der Waals surface area contributed by atoms with E-state index in [2.05, 4.69) is 29.2 Å². The maximum Gasteiger partial charge on any atom is 0.338 e. The summed E-state index contributed by atoms with van der Waals surface area (Å²) in [5.74, 6) is 1.67. The van der Waals surface area contributed by atoms with Gasteiger partial charge in [-0.15, -0.1) is 0 Å². The van der Waals surface area contributed by atoms with Crippen LogP contribution in [0.25, 0.3) is 16.8 Å². The average molecular weight is 536 g/mol. The van der Waals surface area contributed by atoms with Crippen molar-refractivity contribution < 1.29 is 23.7 Å². The molecule has 6 heteroatoms. The normalized spacial score (nSPS) is 18.1. The Hall–Kier alpha value is -4.45. The summed E-state index contributed by atoms with van der Waals surface area (Å²) in [6.45, 7) is 2.16. The van der Waals surface area contributed by atoms with Gasteiger partial charge in [0.1, 0.15) is 17.2 Å². The molecule has 0 bridgehead atoms. The molecule has 40 heavy (non-hydrogen) atoms. The smallest absolute Gasteiger partial charge is 0.338 e. The molecule has 0 saturated carbocycles. The number of benzene rings is 4. The fraction of sp³-hybridized carbons (Fsp3) is 0.265. The molecule has 4 aromatic carbocycles. The zero-order chi connectivity index (χ0) is 27.7. The number of piperidine rings is 1. The molecular weight excluding hydrogens is 502 g/mol. The van der Waals surface area contributed by atoms with E-state index in [1.54, 1.807) is 14.2 Å². The second-order valence-electron chi connectivity index (χ2n) is 10.2. The summed E-state index contributed by atoms with van der Waals surface area (Å²) >= 11 is 0. The number of fused-ring (bicyclic) bond motifs is 3. The molecule has 6 nitrogen and oxygen atoms in total. The van der Waals surface area contributed by atoms with Gasteiger partial charge in [-0.2, -0.15) is 0 Å². The lowest BCUT2D eigenvalue weighted by Gasteiger charge is -2.37. The second-order valence-corrected chi connectivity index (χ2v) is 10.2. The van der Waals surface area contributed by atoms with E-state index in [0.717, 1.165) is 40.7 Å². The van der Waals surface area contributed by atoms with Crippen molar-refractivity contribution in [2.75, 3.05) is 39.3 Å². The van der Waals surface area contributed by atoms with E-state index < -0.39 is 11.6 Å². The van der Waals surface area contributed by atoms with Crippen LogP contribution in [0.3, 0.4) is 0 Å². The van der Waals surface area contributed by atoms with Gasteiger partial charge in [0.2, 0.25) is 0 Å². The number of esters is 1. The first kappa shape index (κ1) is 25.8. The van der Waals surface area contributed by atoms with Crippen molar-refractivity contribution in [3.05, 3.63) is 101 Å². The first-order valence-electron chi connectivity index (χ1n) is 13.7. The number of anilines is 1. The van der Waals surface area contributed by atoms with Crippen LogP contribution in [0.4, 0.5) is 5.69 Å². The summed E-state index contributed by atoms with van der Waals surface area (Å²) < 4.78 is 23.1. The van der Waals surface area contributed by atoms with E-state index >= 15 is 0 Å². The second kappa shape index (κ2) is 10.6. The quantitative estimate of drug-likeness (QED) is 0.248. The highest BCUT2D eigenvalue weighted by atomic mass is 16.5. The van der Waals surface area contributed by atoms with Gasteiger partial charge in [-0.3, -0.25) is 0 Å². The van der Waals surface area contributed by atoms with Crippen molar-refractivity contribution in [3.8, 4) is 17.2 Å². The number of methoxy groups -OCH3 is 3. The Balaban J connectivity index is 1.53. The van der Waals surface area contributed by atoms with Crippen LogP contribution in [0.5, 0.6) is 17.2 Å². The van der Waals surface area contributed by atoms with E-state index in [0.29, 0.717) is 22.6 Å². The maximum atomic E-state index is 12.9. The van der Waals surface area contributed by atoms with E-state index in [9.17, 15) is 4.79 Å². The van der Waals surface area contributed by atoms with Gasteiger partial charge in [0.25, 0.3) is 0 Å². The molecular formula is C34H33NO5. The third kappa shape index (κ3) is 4.43. The van der Waals surface area contributed by atoms with Crippen molar-refractivity contribution in [2.45, 2.75) is 24.9 Å². The number of ether oxygens (including phenoxy) is 4. The molecule has 204 valence electrons. The maximum absolute atomic E-state index is 12.9. The molecule has 0 aromatic heterocycles. The molecule has 0 amide bonds. The van der Waals surface area contributed by atoms with Crippen LogP contribution < -0.4 is 19.1 Å². The van der Waals surface area contributed by atoms with Crippen LogP contribution in [0.2, 0.25) is 0 Å². The fourth-order valence-corrected chi connectivity index (χ4v) is 5.83. The van der Waals surface area contributed by atoms with Crippen molar-refractivity contribution >= 4 is 28.5 Å². The van der Waals surface area contributed by atoms with Gasteiger partial charge in [0, 0.05) is 40.9 Å². The lowest BCUT2D eigenvalue weighted by Crippen LogP contribution is -2.35. The number of hydrogen-bond acceptors (Lipinski definition) is 6. The summed E-state index contributed by atoms with van der Waals surface area (Å²) in [5.41, 5.74) is 3.37. The van der Waals surface area contributed by atoms with Crippen LogP contribution in [0.15, 0.2) is 78.9 Å². The lowest BCUT2D eigenvalue weighted by molar-refractivity contribution is 0.0599. The summed E-state index contributed by atoms with van der Waals surface area (Å²) in [6, 6.07) is 24.3.